The third-order valence-corrected chi connectivity index (χ3v) is 3.13. The second-order valence-corrected chi connectivity index (χ2v) is 4.87. The van der Waals surface area contributed by atoms with E-state index in [0.717, 1.165) is 11.6 Å². The molecule has 0 spiro atoms. The minimum Gasteiger partial charge on any atom is -0.507 e. The number of amides is 1. The third kappa shape index (κ3) is 3.65. The van der Waals surface area contributed by atoms with Crippen molar-refractivity contribution >= 4 is 11.6 Å². The molecule has 1 amide bonds. The largest absolute Gasteiger partial charge is 0.507 e. The maximum atomic E-state index is 12.3. The summed E-state index contributed by atoms with van der Waals surface area (Å²) in [5.74, 6) is 1.57. The second kappa shape index (κ2) is 6.62. The molecule has 1 aromatic carbocycles. The summed E-state index contributed by atoms with van der Waals surface area (Å²) in [6.45, 7) is 0.598. The van der Waals surface area contributed by atoms with Crippen molar-refractivity contribution in [1.29, 1.82) is 0 Å². The molecule has 0 aliphatic heterocycles. The van der Waals surface area contributed by atoms with Crippen LogP contribution in [0.1, 0.15) is 15.9 Å². The number of carbonyl (C=O) groups excluding carboxylic acids is 1. The van der Waals surface area contributed by atoms with Crippen molar-refractivity contribution in [2.45, 2.75) is 13.1 Å². The Balaban J connectivity index is 2.13. The van der Waals surface area contributed by atoms with Gasteiger partial charge in [-0.15, -0.1) is 6.42 Å². The number of aromatic hydroxyl groups is 1. The third-order valence-electron chi connectivity index (χ3n) is 3.13. The van der Waals surface area contributed by atoms with Crippen LogP contribution < -0.4 is 0 Å². The molecule has 0 fully saturated rings. The first kappa shape index (κ1) is 16.0. The smallest absolute Gasteiger partial charge is 0.273 e. The molecule has 0 aliphatic carbocycles. The van der Waals surface area contributed by atoms with Gasteiger partial charge in [0.2, 0.25) is 0 Å². The molecule has 1 heterocycles. The Morgan fingerprint density at radius 2 is 2.30 bits per heavy atom. The average molecular weight is 314 g/mol. The first-order valence-electron chi connectivity index (χ1n) is 6.60. The van der Waals surface area contributed by atoms with Crippen LogP contribution in [0.15, 0.2) is 30.6 Å². The Kier molecular flexibility index (Phi) is 4.61. The van der Waals surface area contributed by atoms with Gasteiger partial charge in [-0.1, -0.05) is 5.92 Å². The van der Waals surface area contributed by atoms with E-state index < -0.39 is 16.6 Å². The van der Waals surface area contributed by atoms with Gasteiger partial charge in [-0.05, 0) is 6.07 Å². The number of nitrogens with zero attached hydrogens (tertiary/aromatic N) is 4. The summed E-state index contributed by atoms with van der Waals surface area (Å²) in [5.41, 5.74) is 0.490. The number of carbonyl (C=O) groups is 1. The van der Waals surface area contributed by atoms with Gasteiger partial charge >= 0.3 is 0 Å². The lowest BCUT2D eigenvalue weighted by Crippen LogP contribution is -2.26. The molecule has 23 heavy (non-hydrogen) atoms. The van der Waals surface area contributed by atoms with Gasteiger partial charge in [0.05, 0.1) is 22.7 Å². The van der Waals surface area contributed by atoms with E-state index in [-0.39, 0.29) is 17.8 Å². The Labute approximate surface area is 132 Å². The summed E-state index contributed by atoms with van der Waals surface area (Å²) < 4.78 is 1.57. The fourth-order valence-corrected chi connectivity index (χ4v) is 2.03. The first-order valence-corrected chi connectivity index (χ1v) is 6.60. The van der Waals surface area contributed by atoms with E-state index in [4.69, 9.17) is 6.42 Å². The standard InChI is InChI=1S/C15H14N4O4/c1-3-6-18-10-11(8-16-18)9-17(2)15(21)13-5-4-12(19(22)23)7-14(13)20/h1,4-5,7-8,10,20H,6,9H2,2H3. The molecule has 1 N–H and O–H groups in total. The van der Waals surface area contributed by atoms with Gasteiger partial charge in [0.25, 0.3) is 11.6 Å². The number of phenolic OH excluding ortho intramolecular Hbond substituents is 1. The van der Waals surface area contributed by atoms with Crippen molar-refractivity contribution in [2.75, 3.05) is 7.05 Å². The average Bonchev–Trinajstić information content (AvgIpc) is 2.94. The molecular formula is C15H14N4O4. The van der Waals surface area contributed by atoms with E-state index >= 15 is 0 Å². The van der Waals surface area contributed by atoms with Crippen molar-refractivity contribution < 1.29 is 14.8 Å². The van der Waals surface area contributed by atoms with Crippen molar-refractivity contribution in [3.05, 3.63) is 51.8 Å². The summed E-state index contributed by atoms with van der Waals surface area (Å²) >= 11 is 0. The fraction of sp³-hybridized carbons (Fsp3) is 0.200. The van der Waals surface area contributed by atoms with E-state index in [1.165, 1.54) is 17.0 Å². The van der Waals surface area contributed by atoms with E-state index in [1.54, 1.807) is 24.1 Å². The van der Waals surface area contributed by atoms with Crippen LogP contribution >= 0.6 is 0 Å². The Hall–Kier alpha value is -3.34. The molecule has 2 aromatic rings. The van der Waals surface area contributed by atoms with Crippen molar-refractivity contribution in [3.8, 4) is 18.1 Å². The molecule has 1 aromatic heterocycles. The van der Waals surface area contributed by atoms with Crippen LogP contribution in [0.3, 0.4) is 0 Å². The minimum absolute atomic E-state index is 0.00545. The van der Waals surface area contributed by atoms with E-state index in [9.17, 15) is 20.0 Å². The highest BCUT2D eigenvalue weighted by molar-refractivity contribution is 5.97. The molecule has 0 aliphatic rings. The van der Waals surface area contributed by atoms with Crippen LogP contribution in [0.2, 0.25) is 0 Å². The van der Waals surface area contributed by atoms with E-state index in [2.05, 4.69) is 11.0 Å². The number of hydrogen-bond donors (Lipinski definition) is 1. The summed E-state index contributed by atoms with van der Waals surface area (Å²) in [5, 5.41) is 24.5. The van der Waals surface area contributed by atoms with Gasteiger partial charge in [0.1, 0.15) is 12.3 Å². The lowest BCUT2D eigenvalue weighted by Gasteiger charge is -2.16. The summed E-state index contributed by atoms with van der Waals surface area (Å²) in [6.07, 6.45) is 8.51. The number of terminal acetylenes is 1. The number of phenols is 1. The maximum absolute atomic E-state index is 12.3. The van der Waals surface area contributed by atoms with Crippen LogP contribution in [0, 0.1) is 22.5 Å². The number of hydrogen-bond acceptors (Lipinski definition) is 5. The van der Waals surface area contributed by atoms with Crippen molar-refractivity contribution in [1.82, 2.24) is 14.7 Å². The zero-order valence-electron chi connectivity index (χ0n) is 12.3. The fourth-order valence-electron chi connectivity index (χ4n) is 2.03. The predicted molar refractivity (Wildman–Crippen MR) is 81.6 cm³/mol. The Bertz CT molecular complexity index is 791. The molecule has 0 atom stereocenters. The summed E-state index contributed by atoms with van der Waals surface area (Å²) in [4.78, 5) is 23.7. The zero-order chi connectivity index (χ0) is 17.0. The van der Waals surface area contributed by atoms with Gasteiger partial charge in [-0.3, -0.25) is 19.6 Å². The van der Waals surface area contributed by atoms with Gasteiger partial charge in [-0.2, -0.15) is 5.10 Å². The van der Waals surface area contributed by atoms with Crippen LogP contribution in [0.4, 0.5) is 5.69 Å². The number of nitro groups is 1. The molecule has 0 saturated carbocycles. The molecule has 8 heteroatoms. The van der Waals surface area contributed by atoms with Gasteiger partial charge < -0.3 is 10.0 Å². The van der Waals surface area contributed by atoms with Gasteiger partial charge in [0, 0.05) is 31.4 Å². The van der Waals surface area contributed by atoms with Crippen LogP contribution in [0.25, 0.3) is 0 Å². The second-order valence-electron chi connectivity index (χ2n) is 4.87. The highest BCUT2D eigenvalue weighted by Crippen LogP contribution is 2.24. The van der Waals surface area contributed by atoms with Crippen LogP contribution in [0.5, 0.6) is 5.75 Å². The summed E-state index contributed by atoms with van der Waals surface area (Å²) in [7, 11) is 1.56. The zero-order valence-corrected chi connectivity index (χ0v) is 12.3. The van der Waals surface area contributed by atoms with Crippen LogP contribution in [-0.2, 0) is 13.1 Å². The quantitative estimate of drug-likeness (QED) is 0.510. The highest BCUT2D eigenvalue weighted by atomic mass is 16.6. The molecule has 0 saturated heterocycles. The molecule has 118 valence electrons. The number of aromatic nitrogens is 2. The summed E-state index contributed by atoms with van der Waals surface area (Å²) in [6, 6.07) is 3.35. The number of non-ortho nitro benzene ring substituents is 1. The predicted octanol–water partition coefficient (Wildman–Crippen LogP) is 1.40. The molecular weight excluding hydrogens is 300 g/mol. The van der Waals surface area contributed by atoms with Gasteiger partial charge in [0.15, 0.2) is 0 Å². The molecule has 0 bridgehead atoms. The monoisotopic (exact) mass is 314 g/mol. The first-order chi connectivity index (χ1) is 10.9. The van der Waals surface area contributed by atoms with E-state index in [0.29, 0.717) is 6.54 Å². The Morgan fingerprint density at radius 3 is 2.91 bits per heavy atom. The SMILES string of the molecule is C#CCn1cc(CN(C)C(=O)c2ccc([N+](=O)[O-])cc2O)cn1. The maximum Gasteiger partial charge on any atom is 0.273 e. The molecule has 0 unspecified atom stereocenters. The van der Waals surface area contributed by atoms with Crippen molar-refractivity contribution in [3.63, 3.8) is 0 Å². The lowest BCUT2D eigenvalue weighted by atomic mass is 10.1. The number of benzene rings is 1. The number of rotatable bonds is 5. The van der Waals surface area contributed by atoms with Crippen LogP contribution in [-0.4, -0.2) is 37.7 Å². The highest BCUT2D eigenvalue weighted by Gasteiger charge is 2.19. The normalized spacial score (nSPS) is 10.1. The minimum atomic E-state index is -0.641. The molecule has 0 radical (unpaired) electrons. The molecule has 8 nitrogen and oxygen atoms in total. The Morgan fingerprint density at radius 1 is 1.57 bits per heavy atom. The topological polar surface area (TPSA) is 102 Å². The van der Waals surface area contributed by atoms with E-state index in [1.807, 2.05) is 0 Å². The lowest BCUT2D eigenvalue weighted by molar-refractivity contribution is -0.384. The van der Waals surface area contributed by atoms with Crippen molar-refractivity contribution in [2.24, 2.45) is 0 Å². The van der Waals surface area contributed by atoms with Gasteiger partial charge in [-0.25, -0.2) is 0 Å². The molecule has 2 rings (SSSR count). The number of nitro benzene ring substituents is 1.